The first-order chi connectivity index (χ1) is 10.9. The number of furan rings is 1. The highest BCUT2D eigenvalue weighted by Crippen LogP contribution is 2.22. The number of sulfonamides is 1. The minimum Gasteiger partial charge on any atom is -0.472 e. The molecule has 0 spiro atoms. The van der Waals surface area contributed by atoms with Gasteiger partial charge in [0.1, 0.15) is 0 Å². The summed E-state index contributed by atoms with van der Waals surface area (Å²) in [6, 6.07) is 6.62. The summed E-state index contributed by atoms with van der Waals surface area (Å²) in [6.07, 6.45) is 2.90. The van der Waals surface area contributed by atoms with Crippen LogP contribution in [0.5, 0.6) is 0 Å². The molecule has 1 aromatic heterocycles. The largest absolute Gasteiger partial charge is 0.472 e. The molecular weight excluding hydrogens is 324 g/mol. The molecule has 0 N–H and O–H groups in total. The van der Waals surface area contributed by atoms with Gasteiger partial charge in [0.2, 0.25) is 10.0 Å². The lowest BCUT2D eigenvalue weighted by Gasteiger charge is -2.21. The van der Waals surface area contributed by atoms with Gasteiger partial charge in [0, 0.05) is 37.9 Å². The summed E-state index contributed by atoms with van der Waals surface area (Å²) in [7, 11) is -2.43. The second kappa shape index (κ2) is 7.36. The highest BCUT2D eigenvalue weighted by Gasteiger charge is 2.26. The van der Waals surface area contributed by atoms with Crippen LogP contribution in [-0.2, 0) is 21.3 Å². The smallest absolute Gasteiger partial charge is 0.270 e. The Hall–Kier alpha value is -2.23. The molecule has 0 aliphatic carbocycles. The maximum Gasteiger partial charge on any atom is 0.270 e. The number of hydrogen-bond donors (Lipinski definition) is 0. The molecule has 2 aromatic rings. The second-order valence-electron chi connectivity index (χ2n) is 4.72. The predicted molar refractivity (Wildman–Crippen MR) is 81.3 cm³/mol. The molecule has 9 heteroatoms. The van der Waals surface area contributed by atoms with Gasteiger partial charge in [0.05, 0.1) is 29.0 Å². The third kappa shape index (κ3) is 4.15. The fourth-order valence-corrected chi connectivity index (χ4v) is 3.42. The molecule has 8 nitrogen and oxygen atoms in total. The zero-order valence-corrected chi connectivity index (χ0v) is 13.2. The summed E-state index contributed by atoms with van der Waals surface area (Å²) in [5.41, 5.74) is 0.399. The van der Waals surface area contributed by atoms with Crippen LogP contribution in [0.2, 0.25) is 0 Å². The van der Waals surface area contributed by atoms with Crippen molar-refractivity contribution in [3.05, 3.63) is 58.5 Å². The van der Waals surface area contributed by atoms with Crippen LogP contribution >= 0.6 is 0 Å². The van der Waals surface area contributed by atoms with Crippen LogP contribution in [0.3, 0.4) is 0 Å². The van der Waals surface area contributed by atoms with Crippen molar-refractivity contribution in [2.45, 2.75) is 11.4 Å². The lowest BCUT2D eigenvalue weighted by atomic mass is 10.3. The molecule has 0 unspecified atom stereocenters. The number of rotatable bonds is 8. The average Bonchev–Trinajstić information content (AvgIpc) is 3.04. The first-order valence-corrected chi connectivity index (χ1v) is 8.14. The minimum absolute atomic E-state index is 0.0882. The third-order valence-corrected chi connectivity index (χ3v) is 4.99. The molecule has 2 rings (SSSR count). The molecule has 0 aliphatic heterocycles. The Morgan fingerprint density at radius 3 is 2.74 bits per heavy atom. The minimum atomic E-state index is -3.90. The topological polar surface area (TPSA) is 103 Å². The van der Waals surface area contributed by atoms with Gasteiger partial charge >= 0.3 is 0 Å². The Morgan fingerprint density at radius 1 is 1.35 bits per heavy atom. The Balaban J connectivity index is 2.34. The highest BCUT2D eigenvalue weighted by molar-refractivity contribution is 7.89. The standard InChI is InChI=1S/C14H16N2O6S/c1-21-8-6-15(10-12-5-7-22-11-12)23(19,20)14-4-2-3-13(9-14)16(17)18/h2-5,7,9,11H,6,8,10H2,1H3. The summed E-state index contributed by atoms with van der Waals surface area (Å²) in [5.74, 6) is 0. The van der Waals surface area contributed by atoms with Gasteiger partial charge in [-0.15, -0.1) is 0 Å². The number of non-ortho nitro benzene ring substituents is 1. The molecule has 1 aromatic carbocycles. The Morgan fingerprint density at radius 2 is 2.13 bits per heavy atom. The summed E-state index contributed by atoms with van der Waals surface area (Å²) in [5, 5.41) is 10.8. The quantitative estimate of drug-likeness (QED) is 0.538. The predicted octanol–water partition coefficient (Wildman–Crippen LogP) is 2.03. The maximum atomic E-state index is 12.8. The first-order valence-electron chi connectivity index (χ1n) is 6.70. The molecule has 0 aliphatic rings. The van der Waals surface area contributed by atoms with E-state index in [9.17, 15) is 18.5 Å². The van der Waals surface area contributed by atoms with E-state index in [1.807, 2.05) is 0 Å². The van der Waals surface area contributed by atoms with E-state index in [0.717, 1.165) is 6.07 Å². The van der Waals surface area contributed by atoms with Crippen LogP contribution in [0.15, 0.2) is 52.2 Å². The van der Waals surface area contributed by atoms with Crippen LogP contribution in [0.25, 0.3) is 0 Å². The van der Waals surface area contributed by atoms with Crippen LogP contribution < -0.4 is 0 Å². The molecule has 0 bridgehead atoms. The Labute approximate surface area is 133 Å². The van der Waals surface area contributed by atoms with Gasteiger partial charge in [-0.1, -0.05) is 6.07 Å². The lowest BCUT2D eigenvalue weighted by Crippen LogP contribution is -2.33. The molecule has 124 valence electrons. The normalized spacial score (nSPS) is 11.7. The van der Waals surface area contributed by atoms with Gasteiger partial charge in [0.15, 0.2) is 0 Å². The van der Waals surface area contributed by atoms with Gasteiger partial charge in [0.25, 0.3) is 5.69 Å². The zero-order valence-electron chi connectivity index (χ0n) is 12.4. The van der Waals surface area contributed by atoms with Crippen molar-refractivity contribution in [2.24, 2.45) is 0 Å². The number of ether oxygens (including phenoxy) is 1. The van der Waals surface area contributed by atoms with Gasteiger partial charge in [-0.05, 0) is 12.1 Å². The van der Waals surface area contributed by atoms with Crippen molar-refractivity contribution >= 4 is 15.7 Å². The van der Waals surface area contributed by atoms with Crippen molar-refractivity contribution in [3.8, 4) is 0 Å². The van der Waals surface area contributed by atoms with Crippen molar-refractivity contribution < 1.29 is 22.5 Å². The second-order valence-corrected chi connectivity index (χ2v) is 6.66. The zero-order chi connectivity index (χ0) is 16.9. The number of nitro groups is 1. The molecular formula is C14H16N2O6S. The molecule has 0 amide bonds. The van der Waals surface area contributed by atoms with Crippen LogP contribution in [0, 0.1) is 10.1 Å². The van der Waals surface area contributed by atoms with Crippen LogP contribution in [0.1, 0.15) is 5.56 Å². The van der Waals surface area contributed by atoms with Crippen LogP contribution in [0.4, 0.5) is 5.69 Å². The molecule has 1 heterocycles. The van der Waals surface area contributed by atoms with E-state index in [4.69, 9.17) is 9.15 Å². The molecule has 0 radical (unpaired) electrons. The van der Waals surface area contributed by atoms with E-state index in [-0.39, 0.29) is 30.3 Å². The number of nitrogens with zero attached hydrogens (tertiary/aromatic N) is 2. The molecule has 0 saturated carbocycles. The van der Waals surface area contributed by atoms with Gasteiger partial charge < -0.3 is 9.15 Å². The van der Waals surface area contributed by atoms with Crippen molar-refractivity contribution in [1.29, 1.82) is 0 Å². The summed E-state index contributed by atoms with van der Waals surface area (Å²) >= 11 is 0. The van der Waals surface area contributed by atoms with E-state index in [1.165, 1.54) is 42.1 Å². The SMILES string of the molecule is COCCN(Cc1ccoc1)S(=O)(=O)c1cccc([N+](=O)[O-])c1. The average molecular weight is 340 g/mol. The molecule has 0 atom stereocenters. The summed E-state index contributed by atoms with van der Waals surface area (Å²) in [6.45, 7) is 0.406. The highest BCUT2D eigenvalue weighted by atomic mass is 32.2. The van der Waals surface area contributed by atoms with Gasteiger partial charge in [-0.25, -0.2) is 8.42 Å². The van der Waals surface area contributed by atoms with Crippen molar-refractivity contribution in [1.82, 2.24) is 4.31 Å². The van der Waals surface area contributed by atoms with Gasteiger partial charge in [-0.3, -0.25) is 10.1 Å². The summed E-state index contributed by atoms with van der Waals surface area (Å²) < 4.78 is 36.6. The first kappa shape index (κ1) is 17.1. The monoisotopic (exact) mass is 340 g/mol. The lowest BCUT2D eigenvalue weighted by molar-refractivity contribution is -0.385. The maximum absolute atomic E-state index is 12.8. The molecule has 0 saturated heterocycles. The van der Waals surface area contributed by atoms with E-state index < -0.39 is 14.9 Å². The number of hydrogen-bond acceptors (Lipinski definition) is 6. The van der Waals surface area contributed by atoms with E-state index in [2.05, 4.69) is 0 Å². The van der Waals surface area contributed by atoms with Gasteiger partial charge in [-0.2, -0.15) is 4.31 Å². The third-order valence-electron chi connectivity index (χ3n) is 3.15. The summed E-state index contributed by atoms with van der Waals surface area (Å²) in [4.78, 5) is 10.1. The van der Waals surface area contributed by atoms with E-state index in [0.29, 0.717) is 5.56 Å². The van der Waals surface area contributed by atoms with Crippen LogP contribution in [-0.4, -0.2) is 37.9 Å². The van der Waals surface area contributed by atoms with Crippen molar-refractivity contribution in [2.75, 3.05) is 20.3 Å². The Bertz CT molecular complexity index is 757. The fourth-order valence-electron chi connectivity index (χ4n) is 1.97. The van der Waals surface area contributed by atoms with Crippen molar-refractivity contribution in [3.63, 3.8) is 0 Å². The molecule has 0 fully saturated rings. The van der Waals surface area contributed by atoms with E-state index >= 15 is 0 Å². The fraction of sp³-hybridized carbons (Fsp3) is 0.286. The molecule has 23 heavy (non-hydrogen) atoms. The number of methoxy groups -OCH3 is 1. The number of benzene rings is 1. The van der Waals surface area contributed by atoms with E-state index in [1.54, 1.807) is 6.07 Å². The number of nitro benzene ring substituents is 1. The Kier molecular flexibility index (Phi) is 5.48.